The molecule has 1 saturated heterocycles. The predicted molar refractivity (Wildman–Crippen MR) is 124 cm³/mol. The van der Waals surface area contributed by atoms with Crippen LogP contribution in [-0.4, -0.2) is 46.8 Å². The number of aliphatic hydroxyl groups is 1. The van der Waals surface area contributed by atoms with Crippen molar-refractivity contribution in [2.75, 3.05) is 41.7 Å². The van der Waals surface area contributed by atoms with E-state index in [4.69, 9.17) is 28.8 Å². The van der Waals surface area contributed by atoms with Gasteiger partial charge in [0.05, 0.1) is 47.8 Å². The molecule has 0 bridgehead atoms. The van der Waals surface area contributed by atoms with Gasteiger partial charge in [-0.25, -0.2) is 0 Å². The van der Waals surface area contributed by atoms with Crippen LogP contribution >= 0.6 is 0 Å². The fraction of sp³-hybridized carbons (Fsp3) is 0.462. The lowest BCUT2D eigenvalue weighted by Gasteiger charge is -2.24. The highest BCUT2D eigenvalue weighted by Crippen LogP contribution is 2.45. The van der Waals surface area contributed by atoms with Crippen molar-refractivity contribution >= 4 is 0 Å². The number of methoxy groups -OCH3 is 4. The maximum absolute atomic E-state index is 9.07. The van der Waals surface area contributed by atoms with Crippen LogP contribution in [0.1, 0.15) is 30.1 Å². The quantitative estimate of drug-likeness (QED) is 0.513. The van der Waals surface area contributed by atoms with Gasteiger partial charge in [0.15, 0.2) is 23.0 Å². The molecule has 3 rings (SSSR count). The molecule has 2 aromatic carbocycles. The largest absolute Gasteiger partial charge is 0.493 e. The molecule has 1 aliphatic heterocycles. The fourth-order valence-corrected chi connectivity index (χ4v) is 4.48. The van der Waals surface area contributed by atoms with E-state index in [0.717, 1.165) is 36.3 Å². The number of benzene rings is 2. The third kappa shape index (κ3) is 5.56. The first kappa shape index (κ1) is 24.0. The van der Waals surface area contributed by atoms with E-state index in [9.17, 15) is 0 Å². The van der Waals surface area contributed by atoms with E-state index < -0.39 is 0 Å². The fourth-order valence-electron chi connectivity index (χ4n) is 4.48. The third-order valence-corrected chi connectivity index (χ3v) is 6.10. The lowest BCUT2D eigenvalue weighted by atomic mass is 9.81. The summed E-state index contributed by atoms with van der Waals surface area (Å²) in [5.74, 6) is 3.56. The van der Waals surface area contributed by atoms with Crippen molar-refractivity contribution in [3.8, 4) is 23.0 Å². The van der Waals surface area contributed by atoms with Crippen LogP contribution in [0, 0.1) is 11.8 Å². The summed E-state index contributed by atoms with van der Waals surface area (Å²) in [6.07, 6.45) is 6.55. The zero-order valence-electron chi connectivity index (χ0n) is 19.4. The molecular weight excluding hydrogens is 408 g/mol. The summed E-state index contributed by atoms with van der Waals surface area (Å²) in [7, 11) is 6.59. The highest BCUT2D eigenvalue weighted by atomic mass is 16.5. The molecule has 1 N–H and O–H groups in total. The molecular formula is C26H34O6. The van der Waals surface area contributed by atoms with Gasteiger partial charge in [-0.3, -0.25) is 0 Å². The van der Waals surface area contributed by atoms with Crippen LogP contribution in [0.4, 0.5) is 0 Å². The van der Waals surface area contributed by atoms with E-state index in [0.29, 0.717) is 29.9 Å². The number of hydrogen-bond donors (Lipinski definition) is 1. The minimum Gasteiger partial charge on any atom is -0.493 e. The molecule has 0 aromatic heterocycles. The third-order valence-electron chi connectivity index (χ3n) is 6.10. The Balaban J connectivity index is 1.84. The summed E-state index contributed by atoms with van der Waals surface area (Å²) in [6.45, 7) is 0.747. The Morgan fingerprint density at radius 2 is 1.53 bits per heavy atom. The molecule has 2 aromatic rings. The van der Waals surface area contributed by atoms with Crippen LogP contribution in [0.5, 0.6) is 23.0 Å². The van der Waals surface area contributed by atoms with Crippen molar-refractivity contribution in [2.45, 2.75) is 25.4 Å². The molecule has 174 valence electrons. The van der Waals surface area contributed by atoms with Crippen molar-refractivity contribution in [3.63, 3.8) is 0 Å². The van der Waals surface area contributed by atoms with Crippen molar-refractivity contribution in [1.29, 1.82) is 0 Å². The first-order valence-electron chi connectivity index (χ1n) is 10.9. The lowest BCUT2D eigenvalue weighted by Crippen LogP contribution is -2.17. The van der Waals surface area contributed by atoms with Gasteiger partial charge in [0.1, 0.15) is 0 Å². The minimum absolute atomic E-state index is 0.0255. The molecule has 3 atom stereocenters. The SMILES string of the molecule is COc1ccc(CC2COC(c3ccc(OC)c(OC)c3)C2CC/C=C/CO)cc1OC. The van der Waals surface area contributed by atoms with Gasteiger partial charge >= 0.3 is 0 Å². The topological polar surface area (TPSA) is 66.4 Å². The lowest BCUT2D eigenvalue weighted by molar-refractivity contribution is 0.0883. The Morgan fingerprint density at radius 1 is 0.875 bits per heavy atom. The molecule has 1 aliphatic rings. The number of allylic oxidation sites excluding steroid dienone is 1. The average Bonchev–Trinajstić information content (AvgIpc) is 3.23. The number of ether oxygens (including phenoxy) is 5. The maximum Gasteiger partial charge on any atom is 0.161 e. The van der Waals surface area contributed by atoms with Crippen molar-refractivity contribution in [2.24, 2.45) is 11.8 Å². The minimum atomic E-state index is -0.0255. The summed E-state index contributed by atoms with van der Waals surface area (Å²) in [4.78, 5) is 0. The molecule has 0 amide bonds. The second-order valence-corrected chi connectivity index (χ2v) is 7.92. The van der Waals surface area contributed by atoms with Crippen LogP contribution in [-0.2, 0) is 11.2 Å². The number of hydrogen-bond acceptors (Lipinski definition) is 6. The van der Waals surface area contributed by atoms with Gasteiger partial charge in [-0.2, -0.15) is 0 Å². The van der Waals surface area contributed by atoms with Crippen molar-refractivity contribution in [3.05, 3.63) is 59.7 Å². The normalized spacial score (nSPS) is 20.5. The zero-order chi connectivity index (χ0) is 22.9. The Bertz CT molecular complexity index is 894. The van der Waals surface area contributed by atoms with Gasteiger partial charge in [-0.1, -0.05) is 24.3 Å². The van der Waals surface area contributed by atoms with E-state index in [2.05, 4.69) is 12.1 Å². The average molecular weight is 443 g/mol. The molecule has 6 nitrogen and oxygen atoms in total. The highest BCUT2D eigenvalue weighted by Gasteiger charge is 2.38. The van der Waals surface area contributed by atoms with Gasteiger partial charge in [0.25, 0.3) is 0 Å². The van der Waals surface area contributed by atoms with E-state index in [1.165, 1.54) is 5.56 Å². The van der Waals surface area contributed by atoms with E-state index in [1.807, 2.05) is 30.3 Å². The predicted octanol–water partition coefficient (Wildman–Crippen LogP) is 4.60. The Labute approximate surface area is 190 Å². The molecule has 0 saturated carbocycles. The van der Waals surface area contributed by atoms with Crippen LogP contribution in [0.2, 0.25) is 0 Å². The van der Waals surface area contributed by atoms with Crippen LogP contribution < -0.4 is 18.9 Å². The van der Waals surface area contributed by atoms with Gasteiger partial charge in [-0.05, 0) is 66.5 Å². The monoisotopic (exact) mass is 442 g/mol. The van der Waals surface area contributed by atoms with Gasteiger partial charge in [0.2, 0.25) is 0 Å². The Kier molecular flexibility index (Phi) is 8.82. The second-order valence-electron chi connectivity index (χ2n) is 7.92. The summed E-state index contributed by atoms with van der Waals surface area (Å²) >= 11 is 0. The smallest absolute Gasteiger partial charge is 0.161 e. The van der Waals surface area contributed by atoms with Crippen LogP contribution in [0.25, 0.3) is 0 Å². The second kappa shape index (κ2) is 11.8. The molecule has 1 fully saturated rings. The molecule has 32 heavy (non-hydrogen) atoms. The highest BCUT2D eigenvalue weighted by molar-refractivity contribution is 5.44. The molecule has 1 heterocycles. The summed E-state index contributed by atoms with van der Waals surface area (Å²) < 4.78 is 28.1. The molecule has 0 radical (unpaired) electrons. The van der Waals surface area contributed by atoms with Crippen LogP contribution in [0.3, 0.4) is 0 Å². The summed E-state index contributed by atoms with van der Waals surface area (Å²) in [5.41, 5.74) is 2.29. The van der Waals surface area contributed by atoms with E-state index in [-0.39, 0.29) is 12.7 Å². The number of rotatable bonds is 11. The standard InChI is InChI=1S/C26H34O6/c1-28-22-11-9-18(15-24(22)30-3)14-20-17-32-26(21(20)8-6-5-7-13-27)19-10-12-23(29-2)25(16-19)31-4/h5,7,9-12,15-16,20-21,26-27H,6,8,13-14,17H2,1-4H3/b7-5+. The summed E-state index contributed by atoms with van der Waals surface area (Å²) in [6, 6.07) is 12.1. The molecule has 3 unspecified atom stereocenters. The Morgan fingerprint density at radius 3 is 2.19 bits per heavy atom. The molecule has 0 spiro atoms. The van der Waals surface area contributed by atoms with Crippen molar-refractivity contribution in [1.82, 2.24) is 0 Å². The van der Waals surface area contributed by atoms with Crippen molar-refractivity contribution < 1.29 is 28.8 Å². The van der Waals surface area contributed by atoms with Crippen LogP contribution in [0.15, 0.2) is 48.6 Å². The zero-order valence-corrected chi connectivity index (χ0v) is 19.4. The van der Waals surface area contributed by atoms with Gasteiger partial charge in [-0.15, -0.1) is 0 Å². The summed E-state index contributed by atoms with van der Waals surface area (Å²) in [5, 5.41) is 9.07. The van der Waals surface area contributed by atoms with E-state index >= 15 is 0 Å². The first-order chi connectivity index (χ1) is 15.6. The maximum atomic E-state index is 9.07. The van der Waals surface area contributed by atoms with Gasteiger partial charge in [0, 0.05) is 0 Å². The van der Waals surface area contributed by atoms with Gasteiger partial charge < -0.3 is 28.8 Å². The van der Waals surface area contributed by atoms with E-state index in [1.54, 1.807) is 34.5 Å². The Hall–Kier alpha value is -2.70. The number of aliphatic hydroxyl groups excluding tert-OH is 1. The molecule has 6 heteroatoms. The first-order valence-corrected chi connectivity index (χ1v) is 10.9. The molecule has 0 aliphatic carbocycles.